The quantitative estimate of drug-likeness (QED) is 0.662. The van der Waals surface area contributed by atoms with Gasteiger partial charge in [0.05, 0.1) is 36.3 Å². The Kier molecular flexibility index (Phi) is 5.82. The van der Waals surface area contributed by atoms with Crippen LogP contribution in [0.15, 0.2) is 42.5 Å². The number of benzene rings is 2. The van der Waals surface area contributed by atoms with Crippen LogP contribution in [-0.2, 0) is 11.3 Å². The van der Waals surface area contributed by atoms with Gasteiger partial charge in [0.25, 0.3) is 5.91 Å². The van der Waals surface area contributed by atoms with E-state index < -0.39 is 0 Å². The zero-order valence-corrected chi connectivity index (χ0v) is 17.4. The first kappa shape index (κ1) is 20.3. The van der Waals surface area contributed by atoms with E-state index in [4.69, 9.17) is 4.74 Å². The van der Waals surface area contributed by atoms with Gasteiger partial charge in [-0.1, -0.05) is 24.3 Å². The summed E-state index contributed by atoms with van der Waals surface area (Å²) in [6, 6.07) is 12.9. The highest BCUT2D eigenvalue weighted by Gasteiger charge is 2.18. The van der Waals surface area contributed by atoms with Crippen molar-refractivity contribution >= 4 is 17.6 Å². The first-order valence-electron chi connectivity index (χ1n) is 9.40. The average Bonchev–Trinajstić information content (AvgIpc) is 2.97. The van der Waals surface area contributed by atoms with E-state index >= 15 is 0 Å². The lowest BCUT2D eigenvalue weighted by molar-refractivity contribution is 0.0599. The molecule has 150 valence electrons. The lowest BCUT2D eigenvalue weighted by Crippen LogP contribution is -2.14. The van der Waals surface area contributed by atoms with Crippen molar-refractivity contribution in [3.63, 3.8) is 0 Å². The normalized spacial score (nSPS) is 10.7. The predicted octanol–water partition coefficient (Wildman–Crippen LogP) is 4.20. The fraction of sp³-hybridized carbons (Fsp3) is 0.261. The molecule has 3 aromatic rings. The second kappa shape index (κ2) is 8.31. The lowest BCUT2D eigenvalue weighted by Gasteiger charge is -2.10. The van der Waals surface area contributed by atoms with Crippen LogP contribution in [0, 0.1) is 27.7 Å². The minimum atomic E-state index is -0.384. The summed E-state index contributed by atoms with van der Waals surface area (Å²) in [4.78, 5) is 24.7. The third-order valence-electron chi connectivity index (χ3n) is 5.13. The van der Waals surface area contributed by atoms with E-state index in [1.165, 1.54) is 7.11 Å². The number of nitrogens with zero attached hydrogens (tertiary/aromatic N) is 2. The molecular formula is C23H25N3O3. The summed E-state index contributed by atoms with van der Waals surface area (Å²) in [5.74, 6) is -0.556. The topological polar surface area (TPSA) is 73.2 Å². The summed E-state index contributed by atoms with van der Waals surface area (Å²) >= 11 is 0. The molecule has 0 aliphatic carbocycles. The van der Waals surface area contributed by atoms with Crippen LogP contribution in [-0.4, -0.2) is 28.8 Å². The van der Waals surface area contributed by atoms with Crippen molar-refractivity contribution in [2.45, 2.75) is 34.2 Å². The molecule has 1 aromatic heterocycles. The molecule has 0 spiro atoms. The Morgan fingerprint density at radius 2 is 1.76 bits per heavy atom. The Labute approximate surface area is 170 Å². The molecule has 0 saturated heterocycles. The van der Waals surface area contributed by atoms with Gasteiger partial charge in [-0.25, -0.2) is 4.79 Å². The van der Waals surface area contributed by atoms with E-state index in [2.05, 4.69) is 10.4 Å². The average molecular weight is 391 g/mol. The van der Waals surface area contributed by atoms with E-state index in [-0.39, 0.29) is 11.9 Å². The Morgan fingerprint density at radius 3 is 2.45 bits per heavy atom. The Balaban J connectivity index is 1.87. The van der Waals surface area contributed by atoms with E-state index in [9.17, 15) is 9.59 Å². The highest BCUT2D eigenvalue weighted by Crippen LogP contribution is 2.23. The number of nitrogens with one attached hydrogen (secondary N) is 1. The largest absolute Gasteiger partial charge is 0.465 e. The molecule has 0 bridgehead atoms. The number of esters is 1. The van der Waals surface area contributed by atoms with Crippen LogP contribution in [0.4, 0.5) is 5.69 Å². The number of methoxy groups -OCH3 is 1. The Hall–Kier alpha value is -3.41. The van der Waals surface area contributed by atoms with Gasteiger partial charge in [0.2, 0.25) is 0 Å². The number of rotatable bonds is 5. The fourth-order valence-corrected chi connectivity index (χ4v) is 3.23. The lowest BCUT2D eigenvalue weighted by atomic mass is 10.1. The minimum Gasteiger partial charge on any atom is -0.465 e. The maximum Gasteiger partial charge on any atom is 0.338 e. The van der Waals surface area contributed by atoms with E-state index in [0.29, 0.717) is 23.4 Å². The van der Waals surface area contributed by atoms with Crippen LogP contribution in [0.5, 0.6) is 0 Å². The molecule has 6 heteroatoms. The third kappa shape index (κ3) is 4.21. The molecule has 29 heavy (non-hydrogen) atoms. The van der Waals surface area contributed by atoms with Gasteiger partial charge in [0.1, 0.15) is 0 Å². The van der Waals surface area contributed by atoms with Crippen LogP contribution in [0.25, 0.3) is 0 Å². The molecule has 0 fully saturated rings. The number of hydrogen-bond acceptors (Lipinski definition) is 4. The highest BCUT2D eigenvalue weighted by molar-refractivity contribution is 6.05. The van der Waals surface area contributed by atoms with Crippen LogP contribution >= 0.6 is 0 Å². The zero-order valence-electron chi connectivity index (χ0n) is 17.4. The zero-order chi connectivity index (χ0) is 21.1. The third-order valence-corrected chi connectivity index (χ3v) is 5.13. The van der Waals surface area contributed by atoms with Gasteiger partial charge in [-0.3, -0.25) is 9.48 Å². The summed E-state index contributed by atoms with van der Waals surface area (Å²) in [6.07, 6.45) is 0. The van der Waals surface area contributed by atoms with E-state index in [0.717, 1.165) is 28.1 Å². The summed E-state index contributed by atoms with van der Waals surface area (Å²) < 4.78 is 6.65. The van der Waals surface area contributed by atoms with Crippen molar-refractivity contribution in [2.24, 2.45) is 0 Å². The predicted molar refractivity (Wildman–Crippen MR) is 112 cm³/mol. The number of ether oxygens (including phenoxy) is 1. The summed E-state index contributed by atoms with van der Waals surface area (Å²) in [5.41, 5.74) is 6.35. The molecule has 0 unspecified atom stereocenters. The van der Waals surface area contributed by atoms with Gasteiger partial charge in [-0.05, 0) is 62.6 Å². The highest BCUT2D eigenvalue weighted by atomic mass is 16.5. The molecule has 1 heterocycles. The molecule has 0 atom stereocenters. The maximum absolute atomic E-state index is 12.7. The molecule has 2 aromatic carbocycles. The molecule has 3 rings (SSSR count). The van der Waals surface area contributed by atoms with E-state index in [1.807, 2.05) is 58.0 Å². The Morgan fingerprint density at radius 1 is 1.03 bits per heavy atom. The van der Waals surface area contributed by atoms with Crippen molar-refractivity contribution in [1.82, 2.24) is 9.78 Å². The van der Waals surface area contributed by atoms with Crippen molar-refractivity contribution in [3.05, 3.63) is 81.7 Å². The SMILES string of the molecule is COC(=O)c1ccccc1Cn1nc(C)c(NC(=O)c2ccc(C)c(C)c2)c1C. The second-order valence-corrected chi connectivity index (χ2v) is 7.11. The van der Waals surface area contributed by atoms with E-state index in [1.54, 1.807) is 16.8 Å². The number of anilines is 1. The van der Waals surface area contributed by atoms with Crippen molar-refractivity contribution in [2.75, 3.05) is 12.4 Å². The van der Waals surface area contributed by atoms with Crippen molar-refractivity contribution in [3.8, 4) is 0 Å². The Bertz CT molecular complexity index is 1080. The molecule has 6 nitrogen and oxygen atoms in total. The smallest absolute Gasteiger partial charge is 0.338 e. The molecule has 0 radical (unpaired) electrons. The van der Waals surface area contributed by atoms with Crippen LogP contribution in [0.1, 0.15) is 48.8 Å². The van der Waals surface area contributed by atoms with Gasteiger partial charge >= 0.3 is 5.97 Å². The van der Waals surface area contributed by atoms with Gasteiger partial charge in [0, 0.05) is 5.56 Å². The first-order chi connectivity index (χ1) is 13.8. The minimum absolute atomic E-state index is 0.172. The van der Waals surface area contributed by atoms with Crippen molar-refractivity contribution in [1.29, 1.82) is 0 Å². The molecule has 0 aliphatic rings. The maximum atomic E-state index is 12.7. The number of aromatic nitrogens is 2. The molecular weight excluding hydrogens is 366 g/mol. The molecule has 1 N–H and O–H groups in total. The van der Waals surface area contributed by atoms with Gasteiger partial charge < -0.3 is 10.1 Å². The number of carbonyl (C=O) groups excluding carboxylic acids is 2. The van der Waals surface area contributed by atoms with Crippen LogP contribution in [0.3, 0.4) is 0 Å². The van der Waals surface area contributed by atoms with Crippen LogP contribution < -0.4 is 5.32 Å². The van der Waals surface area contributed by atoms with Crippen LogP contribution in [0.2, 0.25) is 0 Å². The number of aryl methyl sites for hydroxylation is 3. The number of carbonyl (C=O) groups is 2. The second-order valence-electron chi connectivity index (χ2n) is 7.11. The molecule has 1 amide bonds. The summed E-state index contributed by atoms with van der Waals surface area (Å²) in [7, 11) is 1.36. The van der Waals surface area contributed by atoms with Gasteiger partial charge in [-0.2, -0.15) is 5.10 Å². The first-order valence-corrected chi connectivity index (χ1v) is 9.40. The van der Waals surface area contributed by atoms with Crippen molar-refractivity contribution < 1.29 is 14.3 Å². The molecule has 0 aliphatic heterocycles. The molecule has 0 saturated carbocycles. The summed E-state index contributed by atoms with van der Waals surface area (Å²) in [5, 5.41) is 7.54. The number of hydrogen-bond donors (Lipinski definition) is 1. The van der Waals surface area contributed by atoms with Gasteiger partial charge in [0.15, 0.2) is 0 Å². The monoisotopic (exact) mass is 391 g/mol. The van der Waals surface area contributed by atoms with Gasteiger partial charge in [-0.15, -0.1) is 0 Å². The number of amides is 1. The summed E-state index contributed by atoms with van der Waals surface area (Å²) in [6.45, 7) is 8.15. The standard InChI is InChI=1S/C23H25N3O3/c1-14-10-11-18(12-15(14)2)22(27)24-21-16(3)25-26(17(21)4)13-19-8-6-7-9-20(19)23(28)29-5/h6-12H,13H2,1-5H3,(H,24,27). The fourth-order valence-electron chi connectivity index (χ4n) is 3.23.